The van der Waals surface area contributed by atoms with Gasteiger partial charge in [-0.05, 0) is 73.9 Å². The largest absolute Gasteiger partial charge is 0.339 e. The summed E-state index contributed by atoms with van der Waals surface area (Å²) >= 11 is 0. The third kappa shape index (κ3) is 5.11. The molecule has 0 atom stereocenters. The van der Waals surface area contributed by atoms with Crippen LogP contribution in [0.2, 0.25) is 0 Å². The zero-order chi connectivity index (χ0) is 22.5. The van der Waals surface area contributed by atoms with Crippen molar-refractivity contribution in [2.45, 2.75) is 57.4 Å². The lowest BCUT2D eigenvalue weighted by molar-refractivity contribution is 0.0713. The number of carbonyl (C=O) groups excluding carboxylic acids is 2. The summed E-state index contributed by atoms with van der Waals surface area (Å²) in [5, 5.41) is 14.9. The normalized spacial score (nSPS) is 17.1. The first-order valence-electron chi connectivity index (χ1n) is 11.5. The number of piperidine rings is 1. The standard InChI is InChI=1S/C26H30N4O2/c1-18-6-9-22(16-24(18)29-26(32)28-23-4-2-3-5-23)25(31)30-14-12-21(13-15-30)20-10-7-19(17-27)8-11-20/h6-11,16,21,23H,2-5,12-15H2,1H3,(H2,28,29,32). The molecule has 0 spiro atoms. The van der Waals surface area contributed by atoms with Gasteiger partial charge in [-0.15, -0.1) is 0 Å². The topological polar surface area (TPSA) is 85.2 Å². The molecule has 32 heavy (non-hydrogen) atoms. The number of aryl methyl sites for hydroxylation is 1. The molecule has 2 aliphatic rings. The van der Waals surface area contributed by atoms with Crippen LogP contribution in [0, 0.1) is 18.3 Å². The van der Waals surface area contributed by atoms with E-state index in [-0.39, 0.29) is 18.0 Å². The predicted octanol–water partition coefficient (Wildman–Crippen LogP) is 4.95. The fraction of sp³-hybridized carbons (Fsp3) is 0.423. The SMILES string of the molecule is Cc1ccc(C(=O)N2CCC(c3ccc(C#N)cc3)CC2)cc1NC(=O)NC1CCCC1. The van der Waals surface area contributed by atoms with E-state index in [1.54, 1.807) is 6.07 Å². The molecule has 0 aromatic heterocycles. The van der Waals surface area contributed by atoms with Crippen molar-refractivity contribution in [3.63, 3.8) is 0 Å². The number of benzene rings is 2. The second-order valence-electron chi connectivity index (χ2n) is 8.91. The smallest absolute Gasteiger partial charge is 0.319 e. The number of likely N-dealkylation sites (tertiary alicyclic amines) is 1. The van der Waals surface area contributed by atoms with Gasteiger partial charge in [0.25, 0.3) is 5.91 Å². The molecule has 4 rings (SSSR count). The number of nitrogens with zero attached hydrogens (tertiary/aromatic N) is 2. The van der Waals surface area contributed by atoms with E-state index in [0.717, 1.165) is 44.1 Å². The zero-order valence-corrected chi connectivity index (χ0v) is 18.6. The molecule has 3 amide bonds. The van der Waals surface area contributed by atoms with Crippen molar-refractivity contribution in [1.82, 2.24) is 10.2 Å². The monoisotopic (exact) mass is 430 g/mol. The molecule has 2 fully saturated rings. The lowest BCUT2D eigenvalue weighted by Gasteiger charge is -2.32. The Hall–Kier alpha value is -3.33. The molecule has 1 aliphatic carbocycles. The van der Waals surface area contributed by atoms with Crippen molar-refractivity contribution in [3.05, 3.63) is 64.7 Å². The molecule has 0 unspecified atom stereocenters. The number of amides is 3. The summed E-state index contributed by atoms with van der Waals surface area (Å²) in [7, 11) is 0. The van der Waals surface area contributed by atoms with Gasteiger partial charge in [0.15, 0.2) is 0 Å². The van der Waals surface area contributed by atoms with Crippen molar-refractivity contribution in [2.24, 2.45) is 0 Å². The lowest BCUT2D eigenvalue weighted by Crippen LogP contribution is -2.38. The Morgan fingerprint density at radius 1 is 1.00 bits per heavy atom. The van der Waals surface area contributed by atoms with Crippen molar-refractivity contribution in [3.8, 4) is 6.07 Å². The first-order chi connectivity index (χ1) is 15.5. The van der Waals surface area contributed by atoms with E-state index in [9.17, 15) is 9.59 Å². The third-order valence-corrected chi connectivity index (χ3v) is 6.72. The molecule has 1 saturated heterocycles. The van der Waals surface area contributed by atoms with E-state index >= 15 is 0 Å². The maximum absolute atomic E-state index is 13.1. The highest BCUT2D eigenvalue weighted by Crippen LogP contribution is 2.29. The van der Waals surface area contributed by atoms with Crippen LogP contribution in [-0.2, 0) is 0 Å². The van der Waals surface area contributed by atoms with E-state index < -0.39 is 0 Å². The first kappa shape index (κ1) is 21.9. The van der Waals surface area contributed by atoms with Crippen LogP contribution in [0.25, 0.3) is 0 Å². The minimum atomic E-state index is -0.201. The van der Waals surface area contributed by atoms with Crippen LogP contribution in [0.3, 0.4) is 0 Å². The van der Waals surface area contributed by atoms with E-state index in [1.807, 2.05) is 48.2 Å². The maximum atomic E-state index is 13.1. The van der Waals surface area contributed by atoms with Gasteiger partial charge in [-0.25, -0.2) is 4.79 Å². The van der Waals surface area contributed by atoms with Gasteiger partial charge in [0.05, 0.1) is 11.6 Å². The molecule has 6 nitrogen and oxygen atoms in total. The Morgan fingerprint density at radius 2 is 1.69 bits per heavy atom. The molecule has 2 aromatic carbocycles. The number of hydrogen-bond donors (Lipinski definition) is 2. The summed E-state index contributed by atoms with van der Waals surface area (Å²) in [5.41, 5.74) is 4.11. The van der Waals surface area contributed by atoms with Gasteiger partial charge >= 0.3 is 6.03 Å². The predicted molar refractivity (Wildman–Crippen MR) is 125 cm³/mol. The fourth-order valence-electron chi connectivity index (χ4n) is 4.73. The Labute approximate surface area is 189 Å². The molecule has 1 heterocycles. The molecule has 0 bridgehead atoms. The summed E-state index contributed by atoms with van der Waals surface area (Å²) in [4.78, 5) is 27.4. The van der Waals surface area contributed by atoms with Gasteiger partial charge in [0, 0.05) is 30.4 Å². The molecule has 2 N–H and O–H groups in total. The van der Waals surface area contributed by atoms with Crippen LogP contribution in [-0.4, -0.2) is 36.0 Å². The second kappa shape index (κ2) is 9.86. The average molecular weight is 431 g/mol. The first-order valence-corrected chi connectivity index (χ1v) is 11.5. The Morgan fingerprint density at radius 3 is 2.34 bits per heavy atom. The minimum absolute atomic E-state index is 0.00234. The van der Waals surface area contributed by atoms with Crippen molar-refractivity contribution >= 4 is 17.6 Å². The van der Waals surface area contributed by atoms with Gasteiger partial charge < -0.3 is 15.5 Å². The van der Waals surface area contributed by atoms with Crippen LogP contribution in [0.1, 0.15) is 71.5 Å². The highest BCUT2D eigenvalue weighted by molar-refractivity contribution is 5.97. The highest BCUT2D eigenvalue weighted by atomic mass is 16.2. The number of nitrogens with one attached hydrogen (secondary N) is 2. The van der Waals surface area contributed by atoms with Crippen LogP contribution in [0.4, 0.5) is 10.5 Å². The molecule has 1 saturated carbocycles. The summed E-state index contributed by atoms with van der Waals surface area (Å²) in [6, 6.07) is 15.5. The summed E-state index contributed by atoms with van der Waals surface area (Å²) in [6.45, 7) is 3.33. The Bertz CT molecular complexity index is 1010. The number of urea groups is 1. The van der Waals surface area contributed by atoms with Gasteiger partial charge in [-0.2, -0.15) is 5.26 Å². The van der Waals surface area contributed by atoms with Crippen LogP contribution in [0.5, 0.6) is 0 Å². The fourth-order valence-corrected chi connectivity index (χ4v) is 4.73. The van der Waals surface area contributed by atoms with E-state index in [0.29, 0.717) is 35.8 Å². The van der Waals surface area contributed by atoms with Gasteiger partial charge in [0.2, 0.25) is 0 Å². The average Bonchev–Trinajstić information content (AvgIpc) is 3.33. The molecule has 1 aliphatic heterocycles. The second-order valence-corrected chi connectivity index (χ2v) is 8.91. The Kier molecular flexibility index (Phi) is 6.75. The number of anilines is 1. The summed E-state index contributed by atoms with van der Waals surface area (Å²) in [6.07, 6.45) is 6.19. The number of rotatable bonds is 4. The molecule has 0 radical (unpaired) electrons. The van der Waals surface area contributed by atoms with E-state index in [4.69, 9.17) is 5.26 Å². The van der Waals surface area contributed by atoms with Crippen LogP contribution in [0.15, 0.2) is 42.5 Å². The molecule has 6 heteroatoms. The molecular weight excluding hydrogens is 400 g/mol. The van der Waals surface area contributed by atoms with Crippen molar-refractivity contribution in [2.75, 3.05) is 18.4 Å². The molecular formula is C26H30N4O2. The van der Waals surface area contributed by atoms with Crippen LogP contribution < -0.4 is 10.6 Å². The molecule has 2 aromatic rings. The number of hydrogen-bond acceptors (Lipinski definition) is 3. The van der Waals surface area contributed by atoms with E-state index in [1.165, 1.54) is 5.56 Å². The number of nitriles is 1. The van der Waals surface area contributed by atoms with Gasteiger partial charge in [0.1, 0.15) is 0 Å². The lowest BCUT2D eigenvalue weighted by atomic mass is 9.89. The van der Waals surface area contributed by atoms with Gasteiger partial charge in [-0.1, -0.05) is 31.0 Å². The number of carbonyl (C=O) groups is 2. The Balaban J connectivity index is 1.36. The maximum Gasteiger partial charge on any atom is 0.319 e. The summed E-state index contributed by atoms with van der Waals surface area (Å²) < 4.78 is 0. The minimum Gasteiger partial charge on any atom is -0.339 e. The van der Waals surface area contributed by atoms with Crippen molar-refractivity contribution in [1.29, 1.82) is 5.26 Å². The van der Waals surface area contributed by atoms with Gasteiger partial charge in [-0.3, -0.25) is 4.79 Å². The van der Waals surface area contributed by atoms with Crippen LogP contribution >= 0.6 is 0 Å². The quantitative estimate of drug-likeness (QED) is 0.720. The van der Waals surface area contributed by atoms with Crippen molar-refractivity contribution < 1.29 is 9.59 Å². The highest BCUT2D eigenvalue weighted by Gasteiger charge is 2.25. The molecule has 166 valence electrons. The van der Waals surface area contributed by atoms with E-state index in [2.05, 4.69) is 16.7 Å². The summed E-state index contributed by atoms with van der Waals surface area (Å²) in [5.74, 6) is 0.406. The third-order valence-electron chi connectivity index (χ3n) is 6.72. The zero-order valence-electron chi connectivity index (χ0n) is 18.6.